The van der Waals surface area contributed by atoms with E-state index in [0.29, 0.717) is 0 Å². The van der Waals surface area contributed by atoms with Crippen LogP contribution in [0.2, 0.25) is 0 Å². The van der Waals surface area contributed by atoms with Crippen molar-refractivity contribution in [2.75, 3.05) is 0 Å². The first-order valence-electron chi connectivity index (χ1n) is 9.49. The topological polar surface area (TPSA) is 0 Å². The molecule has 0 N–H and O–H groups in total. The molecule has 2 aromatic rings. The average Bonchev–Trinajstić information content (AvgIpc) is 2.64. The summed E-state index contributed by atoms with van der Waals surface area (Å²) in [6, 6.07) is 22.1. The van der Waals surface area contributed by atoms with Crippen LogP contribution in [0.4, 0.5) is 0 Å². The van der Waals surface area contributed by atoms with Crippen molar-refractivity contribution >= 4 is 0 Å². The van der Waals surface area contributed by atoms with Gasteiger partial charge in [0.1, 0.15) is 0 Å². The van der Waals surface area contributed by atoms with Gasteiger partial charge in [-0.15, -0.1) is 0 Å². The number of hydrogen-bond donors (Lipinski definition) is 0. The van der Waals surface area contributed by atoms with Crippen LogP contribution < -0.4 is 0 Å². The van der Waals surface area contributed by atoms with Gasteiger partial charge in [0.2, 0.25) is 0 Å². The van der Waals surface area contributed by atoms with Gasteiger partial charge in [0.15, 0.2) is 0 Å². The molecule has 1 saturated carbocycles. The Bertz CT molecular complexity index is 493. The van der Waals surface area contributed by atoms with Crippen LogP contribution in [-0.2, 0) is 12.8 Å². The summed E-state index contributed by atoms with van der Waals surface area (Å²) in [7, 11) is 0. The maximum absolute atomic E-state index is 2.29. The number of rotatable bonds is 7. The molecule has 0 bridgehead atoms. The first-order chi connectivity index (χ1) is 11.4. The molecule has 23 heavy (non-hydrogen) atoms. The van der Waals surface area contributed by atoms with E-state index in [4.69, 9.17) is 0 Å². The van der Waals surface area contributed by atoms with Gasteiger partial charge in [-0.3, -0.25) is 0 Å². The number of benzene rings is 2. The van der Waals surface area contributed by atoms with Crippen molar-refractivity contribution in [1.29, 1.82) is 0 Å². The molecule has 1 aliphatic carbocycles. The fraction of sp³-hybridized carbons (Fsp3) is 0.478. The minimum absolute atomic E-state index is 0.899. The summed E-state index contributed by atoms with van der Waals surface area (Å²) in [5, 5.41) is 0. The molecule has 0 amide bonds. The molecular weight excluding hydrogens is 276 g/mol. The van der Waals surface area contributed by atoms with Crippen LogP contribution in [0.1, 0.15) is 56.1 Å². The van der Waals surface area contributed by atoms with Crippen LogP contribution in [0.3, 0.4) is 0 Å². The Balaban J connectivity index is 1.58. The fourth-order valence-electron chi connectivity index (χ4n) is 4.21. The van der Waals surface area contributed by atoms with Crippen molar-refractivity contribution in [3.8, 4) is 0 Å². The van der Waals surface area contributed by atoms with E-state index in [0.717, 1.165) is 11.8 Å². The number of hydrogen-bond acceptors (Lipinski definition) is 0. The second kappa shape index (κ2) is 8.91. The lowest BCUT2D eigenvalue weighted by molar-refractivity contribution is 0.224. The van der Waals surface area contributed by atoms with Crippen LogP contribution in [0.15, 0.2) is 60.7 Å². The van der Waals surface area contributed by atoms with E-state index < -0.39 is 0 Å². The predicted octanol–water partition coefficient (Wildman–Crippen LogP) is 6.45. The normalized spacial score (nSPS) is 15.9. The fourth-order valence-corrected chi connectivity index (χ4v) is 4.21. The van der Waals surface area contributed by atoms with Gasteiger partial charge in [-0.1, -0.05) is 92.8 Å². The lowest BCUT2D eigenvalue weighted by Gasteiger charge is -2.30. The van der Waals surface area contributed by atoms with Gasteiger partial charge in [-0.2, -0.15) is 0 Å². The van der Waals surface area contributed by atoms with Crippen molar-refractivity contribution in [1.82, 2.24) is 0 Å². The van der Waals surface area contributed by atoms with Gasteiger partial charge in [-0.05, 0) is 48.6 Å². The van der Waals surface area contributed by atoms with Gasteiger partial charge in [0.25, 0.3) is 0 Å². The van der Waals surface area contributed by atoms with Gasteiger partial charge < -0.3 is 0 Å². The Morgan fingerprint density at radius 2 is 1.13 bits per heavy atom. The molecule has 1 aliphatic rings. The third kappa shape index (κ3) is 5.23. The summed E-state index contributed by atoms with van der Waals surface area (Å²) in [5.74, 6) is 1.87. The predicted molar refractivity (Wildman–Crippen MR) is 99.6 cm³/mol. The van der Waals surface area contributed by atoms with E-state index in [2.05, 4.69) is 60.7 Å². The smallest absolute Gasteiger partial charge is 0.0276 e. The van der Waals surface area contributed by atoms with Crippen LogP contribution in [0, 0.1) is 11.8 Å². The highest BCUT2D eigenvalue weighted by molar-refractivity contribution is 5.16. The molecular formula is C23H30. The first kappa shape index (κ1) is 16.3. The van der Waals surface area contributed by atoms with Crippen LogP contribution in [0.25, 0.3) is 0 Å². The molecule has 0 heterocycles. The summed E-state index contributed by atoms with van der Waals surface area (Å²) in [6.45, 7) is 0. The molecule has 3 rings (SSSR count). The monoisotopic (exact) mass is 306 g/mol. The van der Waals surface area contributed by atoms with Crippen LogP contribution in [0.5, 0.6) is 0 Å². The van der Waals surface area contributed by atoms with E-state index in [1.165, 1.54) is 68.9 Å². The molecule has 2 aromatic carbocycles. The zero-order chi connectivity index (χ0) is 15.7. The minimum Gasteiger partial charge on any atom is -0.0622 e. The highest BCUT2D eigenvalue weighted by Crippen LogP contribution is 2.35. The molecule has 0 saturated heterocycles. The van der Waals surface area contributed by atoms with Crippen molar-refractivity contribution in [3.05, 3.63) is 71.8 Å². The van der Waals surface area contributed by atoms with E-state index in [-0.39, 0.29) is 0 Å². The van der Waals surface area contributed by atoms with Crippen LogP contribution in [-0.4, -0.2) is 0 Å². The quantitative estimate of drug-likeness (QED) is 0.551. The van der Waals surface area contributed by atoms with Crippen molar-refractivity contribution < 1.29 is 0 Å². The second-order valence-corrected chi connectivity index (χ2v) is 7.21. The summed E-state index contributed by atoms with van der Waals surface area (Å²) in [6.07, 6.45) is 12.5. The summed E-state index contributed by atoms with van der Waals surface area (Å²) in [4.78, 5) is 0. The standard InChI is InChI=1S/C23H30/c1-4-10-20(11-5-1)16-18-23(22-14-8-3-9-15-22)19-17-21-12-6-2-7-13-21/h1-2,4-7,10-13,22-23H,3,8-9,14-19H2. The molecule has 0 spiro atoms. The minimum atomic E-state index is 0.899. The Labute approximate surface area is 141 Å². The molecule has 0 unspecified atom stereocenters. The van der Waals surface area contributed by atoms with E-state index in [9.17, 15) is 0 Å². The molecule has 0 heteroatoms. The second-order valence-electron chi connectivity index (χ2n) is 7.21. The molecule has 0 aromatic heterocycles. The summed E-state index contributed by atoms with van der Waals surface area (Å²) in [5.41, 5.74) is 3.01. The van der Waals surface area contributed by atoms with Crippen LogP contribution >= 0.6 is 0 Å². The van der Waals surface area contributed by atoms with Gasteiger partial charge in [0, 0.05) is 0 Å². The highest BCUT2D eigenvalue weighted by Gasteiger charge is 2.23. The Hall–Kier alpha value is -1.56. The third-order valence-electron chi connectivity index (χ3n) is 5.61. The van der Waals surface area contributed by atoms with Gasteiger partial charge >= 0.3 is 0 Å². The molecule has 122 valence electrons. The molecule has 0 radical (unpaired) electrons. The van der Waals surface area contributed by atoms with Crippen molar-refractivity contribution in [2.24, 2.45) is 11.8 Å². The lowest BCUT2D eigenvalue weighted by Crippen LogP contribution is -2.19. The highest BCUT2D eigenvalue weighted by atomic mass is 14.3. The molecule has 0 nitrogen and oxygen atoms in total. The average molecular weight is 306 g/mol. The van der Waals surface area contributed by atoms with E-state index >= 15 is 0 Å². The Kier molecular flexibility index (Phi) is 6.32. The molecule has 1 fully saturated rings. The van der Waals surface area contributed by atoms with Gasteiger partial charge in [0.05, 0.1) is 0 Å². The van der Waals surface area contributed by atoms with Gasteiger partial charge in [-0.25, -0.2) is 0 Å². The largest absolute Gasteiger partial charge is 0.0622 e. The molecule has 0 aliphatic heterocycles. The Morgan fingerprint density at radius 3 is 1.61 bits per heavy atom. The zero-order valence-corrected chi connectivity index (χ0v) is 14.3. The van der Waals surface area contributed by atoms with Crippen molar-refractivity contribution in [2.45, 2.75) is 57.8 Å². The first-order valence-corrected chi connectivity index (χ1v) is 9.49. The third-order valence-corrected chi connectivity index (χ3v) is 5.61. The van der Waals surface area contributed by atoms with Crippen molar-refractivity contribution in [3.63, 3.8) is 0 Å². The maximum Gasteiger partial charge on any atom is -0.0276 e. The summed E-state index contributed by atoms with van der Waals surface area (Å²) < 4.78 is 0. The SMILES string of the molecule is c1ccc(CCC(CCc2ccccc2)C2CCCCC2)cc1. The maximum atomic E-state index is 2.29. The number of aryl methyl sites for hydroxylation is 2. The summed E-state index contributed by atoms with van der Waals surface area (Å²) >= 11 is 0. The Morgan fingerprint density at radius 1 is 0.652 bits per heavy atom. The lowest BCUT2D eigenvalue weighted by atomic mass is 9.75. The molecule has 0 atom stereocenters. The van der Waals surface area contributed by atoms with E-state index in [1.54, 1.807) is 0 Å². The van der Waals surface area contributed by atoms with E-state index in [1.807, 2.05) is 0 Å². The zero-order valence-electron chi connectivity index (χ0n) is 14.3.